The highest BCUT2D eigenvalue weighted by molar-refractivity contribution is 5.99. The SMILES string of the molecule is CCC(=O)CCCCC[C@@H]1NC(=O)[C@H]2CCCCN2C(=O)[C@H]([C@@H](C)CC)NC(=O)[C@@H](CC(=O)Cc2ccccc2)NC1=O. The quantitative estimate of drug-likeness (QED) is 0.299. The van der Waals surface area contributed by atoms with Crippen molar-refractivity contribution < 1.29 is 28.8 Å². The van der Waals surface area contributed by atoms with E-state index in [1.54, 1.807) is 4.90 Å². The van der Waals surface area contributed by atoms with Gasteiger partial charge < -0.3 is 20.9 Å². The standard InChI is InChI=1S/C33H48N4O6/c1-4-22(3)29-33(43)37-19-13-12-18-28(37)32(42)34-26(17-11-7-10-16-24(38)5-2)30(40)35-27(31(41)36-29)21-25(39)20-23-14-8-6-9-15-23/h6,8-9,14-15,22,26-29H,4-5,7,10-13,16-21H2,1-3H3,(H,34,42)(H,35,40)(H,36,41)/t22-,26-,27+,28+,29-/m0/s1. The van der Waals surface area contributed by atoms with Gasteiger partial charge in [0.2, 0.25) is 23.6 Å². The summed E-state index contributed by atoms with van der Waals surface area (Å²) in [6.07, 6.45) is 5.70. The molecule has 2 aliphatic rings. The van der Waals surface area contributed by atoms with Gasteiger partial charge in [0.1, 0.15) is 35.7 Å². The first-order chi connectivity index (χ1) is 20.6. The molecule has 1 aromatic rings. The van der Waals surface area contributed by atoms with Crippen LogP contribution in [0.2, 0.25) is 0 Å². The highest BCUT2D eigenvalue weighted by Gasteiger charge is 2.41. The monoisotopic (exact) mass is 596 g/mol. The topological polar surface area (TPSA) is 142 Å². The summed E-state index contributed by atoms with van der Waals surface area (Å²) in [7, 11) is 0. The summed E-state index contributed by atoms with van der Waals surface area (Å²) in [5.74, 6) is -2.12. The Morgan fingerprint density at radius 1 is 0.860 bits per heavy atom. The zero-order chi connectivity index (χ0) is 31.4. The predicted molar refractivity (Wildman–Crippen MR) is 163 cm³/mol. The lowest BCUT2D eigenvalue weighted by Crippen LogP contribution is -2.64. The van der Waals surface area contributed by atoms with Crippen molar-refractivity contribution in [3.63, 3.8) is 0 Å². The highest BCUT2D eigenvalue weighted by atomic mass is 16.2. The van der Waals surface area contributed by atoms with Gasteiger partial charge in [0.25, 0.3) is 0 Å². The lowest BCUT2D eigenvalue weighted by Gasteiger charge is -2.39. The lowest BCUT2D eigenvalue weighted by molar-refractivity contribution is -0.148. The second-order valence-corrected chi connectivity index (χ2v) is 11.9. The normalized spacial score (nSPS) is 24.0. The van der Waals surface area contributed by atoms with Crippen molar-refractivity contribution in [1.29, 1.82) is 0 Å². The molecule has 4 amide bonds. The summed E-state index contributed by atoms with van der Waals surface area (Å²) in [5, 5.41) is 8.47. The molecule has 0 radical (unpaired) electrons. The van der Waals surface area contributed by atoms with Gasteiger partial charge in [-0.2, -0.15) is 0 Å². The van der Waals surface area contributed by atoms with Gasteiger partial charge in [0.15, 0.2) is 0 Å². The average Bonchev–Trinajstić information content (AvgIpc) is 3.01. The number of unbranched alkanes of at least 4 members (excludes halogenated alkanes) is 2. The second-order valence-electron chi connectivity index (χ2n) is 11.9. The molecule has 43 heavy (non-hydrogen) atoms. The molecule has 1 aromatic carbocycles. The van der Waals surface area contributed by atoms with Crippen LogP contribution in [0, 0.1) is 5.92 Å². The minimum Gasteiger partial charge on any atom is -0.343 e. The number of hydrogen-bond acceptors (Lipinski definition) is 6. The number of benzene rings is 1. The van der Waals surface area contributed by atoms with Gasteiger partial charge in [-0.05, 0) is 43.6 Å². The third-order valence-electron chi connectivity index (χ3n) is 8.65. The molecule has 2 aliphatic heterocycles. The van der Waals surface area contributed by atoms with Crippen LogP contribution in [0.1, 0.15) is 97.0 Å². The molecule has 0 spiro atoms. The lowest BCUT2D eigenvalue weighted by atomic mass is 9.93. The van der Waals surface area contributed by atoms with Gasteiger partial charge in [0, 0.05) is 32.2 Å². The molecule has 236 valence electrons. The number of nitrogens with zero attached hydrogens (tertiary/aromatic N) is 1. The fourth-order valence-electron chi connectivity index (χ4n) is 5.75. The molecule has 0 aliphatic carbocycles. The van der Waals surface area contributed by atoms with Crippen LogP contribution in [0.15, 0.2) is 30.3 Å². The van der Waals surface area contributed by atoms with Crippen LogP contribution in [0.25, 0.3) is 0 Å². The first-order valence-corrected chi connectivity index (χ1v) is 15.9. The van der Waals surface area contributed by atoms with Crippen molar-refractivity contribution in [2.75, 3.05) is 6.54 Å². The fraction of sp³-hybridized carbons (Fsp3) is 0.636. The maximum Gasteiger partial charge on any atom is 0.246 e. The number of hydrogen-bond donors (Lipinski definition) is 3. The van der Waals surface area contributed by atoms with E-state index in [4.69, 9.17) is 0 Å². The summed E-state index contributed by atoms with van der Waals surface area (Å²) in [6, 6.07) is 5.37. The molecular formula is C33H48N4O6. The summed E-state index contributed by atoms with van der Waals surface area (Å²) < 4.78 is 0. The Morgan fingerprint density at radius 2 is 1.56 bits per heavy atom. The summed E-state index contributed by atoms with van der Waals surface area (Å²) in [6.45, 7) is 6.01. The molecule has 3 rings (SSSR count). The molecule has 0 bridgehead atoms. The van der Waals surface area contributed by atoms with E-state index in [2.05, 4.69) is 16.0 Å². The van der Waals surface area contributed by atoms with Gasteiger partial charge in [-0.25, -0.2) is 0 Å². The minimum absolute atomic E-state index is 0.0975. The molecule has 0 unspecified atom stereocenters. The number of piperidine rings is 1. The van der Waals surface area contributed by atoms with E-state index in [9.17, 15) is 28.8 Å². The molecule has 10 nitrogen and oxygen atoms in total. The van der Waals surface area contributed by atoms with E-state index in [1.165, 1.54) is 0 Å². The molecule has 0 saturated carbocycles. The summed E-state index contributed by atoms with van der Waals surface area (Å²) in [4.78, 5) is 81.1. The van der Waals surface area contributed by atoms with Crippen LogP contribution >= 0.6 is 0 Å². The molecule has 0 aromatic heterocycles. The Bertz CT molecular complexity index is 1140. The molecule has 5 atom stereocenters. The van der Waals surface area contributed by atoms with Crippen LogP contribution in [0.4, 0.5) is 0 Å². The Labute approximate surface area is 255 Å². The largest absolute Gasteiger partial charge is 0.343 e. The van der Waals surface area contributed by atoms with E-state index < -0.39 is 36.0 Å². The van der Waals surface area contributed by atoms with E-state index in [1.807, 2.05) is 51.1 Å². The molecule has 2 fully saturated rings. The molecule has 10 heteroatoms. The number of fused-ring (bicyclic) bond motifs is 1. The smallest absolute Gasteiger partial charge is 0.246 e. The number of amides is 4. The summed E-state index contributed by atoms with van der Waals surface area (Å²) >= 11 is 0. The summed E-state index contributed by atoms with van der Waals surface area (Å²) in [5.41, 5.74) is 0.794. The number of carbonyl (C=O) groups excluding carboxylic acids is 6. The molecule has 2 saturated heterocycles. The van der Waals surface area contributed by atoms with Crippen molar-refractivity contribution in [1.82, 2.24) is 20.9 Å². The van der Waals surface area contributed by atoms with Gasteiger partial charge in [-0.1, -0.05) is 70.4 Å². The number of rotatable bonds is 13. The Kier molecular flexibility index (Phi) is 13.3. The van der Waals surface area contributed by atoms with Gasteiger partial charge in [0.05, 0.1) is 0 Å². The maximum atomic E-state index is 13.9. The Morgan fingerprint density at radius 3 is 2.26 bits per heavy atom. The minimum atomic E-state index is -1.21. The van der Waals surface area contributed by atoms with Crippen LogP contribution < -0.4 is 16.0 Å². The zero-order valence-electron chi connectivity index (χ0n) is 25.9. The van der Waals surface area contributed by atoms with E-state index in [0.717, 1.165) is 18.4 Å². The first kappa shape index (κ1) is 33.9. The van der Waals surface area contributed by atoms with Gasteiger partial charge in [-0.3, -0.25) is 28.8 Å². The Hall–Kier alpha value is -3.56. The third kappa shape index (κ3) is 10.0. The van der Waals surface area contributed by atoms with Crippen LogP contribution in [-0.2, 0) is 35.2 Å². The first-order valence-electron chi connectivity index (χ1n) is 15.9. The number of Topliss-reactive ketones (excluding diaryl/α,β-unsaturated/α-hetero) is 2. The molecule has 3 N–H and O–H groups in total. The number of carbonyl (C=O) groups is 6. The number of ketones is 2. The zero-order valence-corrected chi connectivity index (χ0v) is 25.9. The van der Waals surface area contributed by atoms with Crippen LogP contribution in [-0.4, -0.2) is 70.8 Å². The van der Waals surface area contributed by atoms with Crippen molar-refractivity contribution in [2.24, 2.45) is 5.92 Å². The van der Waals surface area contributed by atoms with Gasteiger partial charge in [-0.15, -0.1) is 0 Å². The fourth-order valence-corrected chi connectivity index (χ4v) is 5.75. The van der Waals surface area contributed by atoms with Gasteiger partial charge >= 0.3 is 0 Å². The van der Waals surface area contributed by atoms with E-state index >= 15 is 0 Å². The molecular weight excluding hydrogens is 548 g/mol. The third-order valence-corrected chi connectivity index (χ3v) is 8.65. The van der Waals surface area contributed by atoms with Crippen LogP contribution in [0.5, 0.6) is 0 Å². The Balaban J connectivity index is 1.87. The van der Waals surface area contributed by atoms with Crippen molar-refractivity contribution in [3.05, 3.63) is 35.9 Å². The van der Waals surface area contributed by atoms with E-state index in [0.29, 0.717) is 57.9 Å². The second kappa shape index (κ2) is 16.9. The van der Waals surface area contributed by atoms with Crippen LogP contribution in [0.3, 0.4) is 0 Å². The predicted octanol–water partition coefficient (Wildman–Crippen LogP) is 3.01. The van der Waals surface area contributed by atoms with Crippen molar-refractivity contribution in [3.8, 4) is 0 Å². The average molecular weight is 597 g/mol. The number of nitrogens with one attached hydrogen (secondary N) is 3. The highest BCUT2D eigenvalue weighted by Crippen LogP contribution is 2.22. The van der Waals surface area contributed by atoms with Crippen molar-refractivity contribution in [2.45, 2.75) is 122 Å². The van der Waals surface area contributed by atoms with Crippen molar-refractivity contribution >= 4 is 35.2 Å². The maximum absolute atomic E-state index is 13.9. The van der Waals surface area contributed by atoms with E-state index in [-0.39, 0.29) is 42.1 Å². The molecule has 2 heterocycles.